The first-order chi connectivity index (χ1) is 10.2. The molecule has 0 saturated carbocycles. The summed E-state index contributed by atoms with van der Waals surface area (Å²) in [6.45, 7) is 2.24. The standard InChI is InChI=1S/C15H17ClFN3O/c16-10-14-18-12-9-11(17)3-4-13(12)20(14)8-5-15(21)19-6-1-2-7-19/h3-4,9H,1-2,5-8,10H2. The Bertz CT molecular complexity index is 664. The SMILES string of the molecule is O=C(CCn1c(CCl)nc2cc(F)ccc21)N1CCCC1. The van der Waals surface area contributed by atoms with Crippen LogP contribution < -0.4 is 0 Å². The number of imidazole rings is 1. The number of carbonyl (C=O) groups excluding carboxylic acids is 1. The molecule has 4 nitrogen and oxygen atoms in total. The maximum absolute atomic E-state index is 13.3. The molecule has 2 aromatic rings. The van der Waals surface area contributed by atoms with Crippen molar-refractivity contribution in [3.63, 3.8) is 0 Å². The predicted molar refractivity (Wildman–Crippen MR) is 79.7 cm³/mol. The summed E-state index contributed by atoms with van der Waals surface area (Å²) in [4.78, 5) is 18.4. The fraction of sp³-hybridized carbons (Fsp3) is 0.467. The van der Waals surface area contributed by atoms with Crippen LogP contribution in [0.25, 0.3) is 11.0 Å². The van der Waals surface area contributed by atoms with Crippen LogP contribution in [0.1, 0.15) is 25.1 Å². The van der Waals surface area contributed by atoms with Gasteiger partial charge in [0, 0.05) is 32.1 Å². The van der Waals surface area contributed by atoms with Crippen LogP contribution in [0.3, 0.4) is 0 Å². The van der Waals surface area contributed by atoms with Gasteiger partial charge in [0.25, 0.3) is 0 Å². The maximum atomic E-state index is 13.3. The third kappa shape index (κ3) is 2.88. The molecule has 1 aromatic carbocycles. The summed E-state index contributed by atoms with van der Waals surface area (Å²) in [5.41, 5.74) is 1.40. The molecule has 0 aliphatic carbocycles. The van der Waals surface area contributed by atoms with Crippen LogP contribution in [0.4, 0.5) is 4.39 Å². The van der Waals surface area contributed by atoms with Gasteiger partial charge >= 0.3 is 0 Å². The molecule has 1 saturated heterocycles. The topological polar surface area (TPSA) is 38.1 Å². The first-order valence-electron chi connectivity index (χ1n) is 7.17. The number of nitrogens with zero attached hydrogens (tertiary/aromatic N) is 3. The largest absolute Gasteiger partial charge is 0.343 e. The van der Waals surface area contributed by atoms with Gasteiger partial charge in [-0.3, -0.25) is 4.79 Å². The smallest absolute Gasteiger partial charge is 0.224 e. The van der Waals surface area contributed by atoms with Gasteiger partial charge in [0.05, 0.1) is 16.9 Å². The number of alkyl halides is 1. The summed E-state index contributed by atoms with van der Waals surface area (Å²) in [6, 6.07) is 4.49. The normalized spacial score (nSPS) is 15.0. The van der Waals surface area contributed by atoms with Crippen LogP contribution in [-0.4, -0.2) is 33.4 Å². The highest BCUT2D eigenvalue weighted by molar-refractivity contribution is 6.16. The highest BCUT2D eigenvalue weighted by Gasteiger charge is 2.18. The molecule has 1 amide bonds. The predicted octanol–water partition coefficient (Wildman–Crippen LogP) is 2.93. The molecule has 1 aliphatic heterocycles. The van der Waals surface area contributed by atoms with Crippen molar-refractivity contribution in [3.05, 3.63) is 29.8 Å². The molecule has 2 heterocycles. The Kier molecular flexibility index (Phi) is 4.10. The molecular weight excluding hydrogens is 293 g/mol. The lowest BCUT2D eigenvalue weighted by atomic mass is 10.3. The minimum absolute atomic E-state index is 0.164. The Hall–Kier alpha value is -1.62. The monoisotopic (exact) mass is 309 g/mol. The number of amides is 1. The Balaban J connectivity index is 1.80. The van der Waals surface area contributed by atoms with Crippen LogP contribution in [0.15, 0.2) is 18.2 Å². The van der Waals surface area contributed by atoms with Crippen molar-refractivity contribution < 1.29 is 9.18 Å². The molecule has 6 heteroatoms. The highest BCUT2D eigenvalue weighted by Crippen LogP contribution is 2.20. The van der Waals surface area contributed by atoms with Crippen molar-refractivity contribution >= 4 is 28.5 Å². The second-order valence-corrected chi connectivity index (χ2v) is 5.55. The first-order valence-corrected chi connectivity index (χ1v) is 7.71. The van der Waals surface area contributed by atoms with Crippen LogP contribution >= 0.6 is 11.6 Å². The molecule has 1 fully saturated rings. The molecule has 0 bridgehead atoms. The molecule has 21 heavy (non-hydrogen) atoms. The van der Waals surface area contributed by atoms with Crippen molar-refractivity contribution in [3.8, 4) is 0 Å². The number of aromatic nitrogens is 2. The van der Waals surface area contributed by atoms with Crippen molar-refractivity contribution in [1.29, 1.82) is 0 Å². The number of carbonyl (C=O) groups is 1. The lowest BCUT2D eigenvalue weighted by Gasteiger charge is -2.16. The fourth-order valence-corrected chi connectivity index (χ4v) is 3.04. The zero-order valence-corrected chi connectivity index (χ0v) is 12.4. The van der Waals surface area contributed by atoms with E-state index in [1.54, 1.807) is 6.07 Å². The Morgan fingerprint density at radius 2 is 2.10 bits per heavy atom. The molecule has 0 unspecified atom stereocenters. The van der Waals surface area contributed by atoms with Gasteiger partial charge in [0.2, 0.25) is 5.91 Å². The van der Waals surface area contributed by atoms with E-state index in [2.05, 4.69) is 4.98 Å². The fourth-order valence-electron chi connectivity index (χ4n) is 2.84. The molecule has 1 aliphatic rings. The number of aryl methyl sites for hydroxylation is 1. The summed E-state index contributed by atoms with van der Waals surface area (Å²) >= 11 is 5.91. The quantitative estimate of drug-likeness (QED) is 0.815. The molecule has 0 spiro atoms. The lowest BCUT2D eigenvalue weighted by molar-refractivity contribution is -0.130. The number of benzene rings is 1. The van der Waals surface area contributed by atoms with Crippen LogP contribution in [0, 0.1) is 5.82 Å². The summed E-state index contributed by atoms with van der Waals surface area (Å²) in [5.74, 6) is 0.763. The van der Waals surface area contributed by atoms with Gasteiger partial charge in [-0.05, 0) is 25.0 Å². The Morgan fingerprint density at radius 1 is 1.33 bits per heavy atom. The van der Waals surface area contributed by atoms with E-state index < -0.39 is 0 Å². The summed E-state index contributed by atoms with van der Waals surface area (Å²) in [7, 11) is 0. The number of hydrogen-bond donors (Lipinski definition) is 0. The number of hydrogen-bond acceptors (Lipinski definition) is 2. The number of fused-ring (bicyclic) bond motifs is 1. The Labute approximate surface area is 127 Å². The maximum Gasteiger partial charge on any atom is 0.224 e. The zero-order chi connectivity index (χ0) is 14.8. The molecule has 3 rings (SSSR count). The van der Waals surface area contributed by atoms with Crippen LogP contribution in [0.2, 0.25) is 0 Å². The molecule has 0 atom stereocenters. The van der Waals surface area contributed by atoms with E-state index in [1.807, 2.05) is 9.47 Å². The second-order valence-electron chi connectivity index (χ2n) is 5.28. The average Bonchev–Trinajstić information content (AvgIpc) is 3.11. The van der Waals surface area contributed by atoms with Crippen molar-refractivity contribution in [2.45, 2.75) is 31.7 Å². The van der Waals surface area contributed by atoms with Crippen molar-refractivity contribution in [2.75, 3.05) is 13.1 Å². The minimum atomic E-state index is -0.318. The molecular formula is C15H17ClFN3O. The van der Waals surface area contributed by atoms with E-state index in [0.717, 1.165) is 31.4 Å². The lowest BCUT2D eigenvalue weighted by Crippen LogP contribution is -2.28. The van der Waals surface area contributed by atoms with Gasteiger partial charge in [-0.1, -0.05) is 0 Å². The van der Waals surface area contributed by atoms with Gasteiger partial charge in [0.1, 0.15) is 11.6 Å². The number of halogens is 2. The van der Waals surface area contributed by atoms with E-state index in [-0.39, 0.29) is 17.6 Å². The highest BCUT2D eigenvalue weighted by atomic mass is 35.5. The summed E-state index contributed by atoms with van der Waals surface area (Å²) < 4.78 is 15.2. The van der Waals surface area contributed by atoms with E-state index >= 15 is 0 Å². The summed E-state index contributed by atoms with van der Waals surface area (Å²) in [6.07, 6.45) is 2.60. The van der Waals surface area contributed by atoms with E-state index in [9.17, 15) is 9.18 Å². The number of rotatable bonds is 4. The van der Waals surface area contributed by atoms with Gasteiger partial charge in [-0.15, -0.1) is 11.6 Å². The first kappa shape index (κ1) is 14.3. The third-order valence-corrected chi connectivity index (χ3v) is 4.16. The second kappa shape index (κ2) is 6.02. The van der Waals surface area contributed by atoms with Crippen molar-refractivity contribution in [1.82, 2.24) is 14.5 Å². The van der Waals surface area contributed by atoms with E-state index in [4.69, 9.17) is 11.6 Å². The number of likely N-dealkylation sites (tertiary alicyclic amines) is 1. The molecule has 112 valence electrons. The Morgan fingerprint density at radius 3 is 2.81 bits per heavy atom. The van der Waals surface area contributed by atoms with Crippen LogP contribution in [0.5, 0.6) is 0 Å². The molecule has 0 radical (unpaired) electrons. The van der Waals surface area contributed by atoms with Crippen LogP contribution in [-0.2, 0) is 17.2 Å². The molecule has 0 N–H and O–H groups in total. The van der Waals surface area contributed by atoms with Gasteiger partial charge in [0.15, 0.2) is 0 Å². The van der Waals surface area contributed by atoms with E-state index in [0.29, 0.717) is 24.3 Å². The van der Waals surface area contributed by atoms with Gasteiger partial charge in [-0.2, -0.15) is 0 Å². The zero-order valence-electron chi connectivity index (χ0n) is 11.7. The van der Waals surface area contributed by atoms with E-state index in [1.165, 1.54) is 12.1 Å². The molecule has 1 aromatic heterocycles. The third-order valence-electron chi connectivity index (χ3n) is 3.92. The van der Waals surface area contributed by atoms with Gasteiger partial charge in [-0.25, -0.2) is 9.37 Å². The van der Waals surface area contributed by atoms with Crippen molar-refractivity contribution in [2.24, 2.45) is 0 Å². The minimum Gasteiger partial charge on any atom is -0.343 e. The van der Waals surface area contributed by atoms with Gasteiger partial charge < -0.3 is 9.47 Å². The average molecular weight is 310 g/mol. The summed E-state index contributed by atoms with van der Waals surface area (Å²) in [5, 5.41) is 0.